The molecule has 0 spiro atoms. The molecule has 9 heteroatoms. The smallest absolute Gasteiger partial charge is 0.261 e. The number of nitrogens with two attached hydrogens (primary N) is 1. The van der Waals surface area contributed by atoms with Gasteiger partial charge in [-0.3, -0.25) is 4.79 Å². The van der Waals surface area contributed by atoms with Crippen LogP contribution in [0.1, 0.15) is 27.0 Å². The average molecular weight is 467 g/mol. The topological polar surface area (TPSA) is 139 Å². The number of phenolic OH excluding ortho intramolecular Hbond substituents is 2. The normalized spacial score (nSPS) is 11.5. The van der Waals surface area contributed by atoms with Crippen LogP contribution in [0.15, 0.2) is 65.8 Å². The molecule has 5 rings (SSSR count). The van der Waals surface area contributed by atoms with E-state index in [2.05, 4.69) is 20.4 Å². The zero-order chi connectivity index (χ0) is 24.7. The van der Waals surface area contributed by atoms with Gasteiger partial charge in [0, 0.05) is 5.69 Å². The molecule has 0 aliphatic rings. The summed E-state index contributed by atoms with van der Waals surface area (Å²) in [4.78, 5) is 22.7. The summed E-state index contributed by atoms with van der Waals surface area (Å²) in [6.07, 6.45) is 1.44. The third-order valence-corrected chi connectivity index (χ3v) is 5.79. The summed E-state index contributed by atoms with van der Waals surface area (Å²) >= 11 is 0. The number of nitrogens with zero attached hydrogens (tertiary/aromatic N) is 4. The Kier molecular flexibility index (Phi) is 5.29. The van der Waals surface area contributed by atoms with Crippen LogP contribution in [0.5, 0.6) is 11.5 Å². The monoisotopic (exact) mass is 466 g/mol. The van der Waals surface area contributed by atoms with E-state index < -0.39 is 5.91 Å². The van der Waals surface area contributed by atoms with Gasteiger partial charge in [-0.1, -0.05) is 18.2 Å². The lowest BCUT2D eigenvalue weighted by Crippen LogP contribution is -2.14. The minimum Gasteiger partial charge on any atom is -0.504 e. The predicted molar refractivity (Wildman–Crippen MR) is 136 cm³/mol. The molecule has 5 aromatic rings. The van der Waals surface area contributed by atoms with Gasteiger partial charge in [0.2, 0.25) is 0 Å². The Balaban J connectivity index is 1.65. The number of carbonyl (C=O) groups is 1. The Labute approximate surface area is 200 Å². The Morgan fingerprint density at radius 2 is 1.71 bits per heavy atom. The van der Waals surface area contributed by atoms with Crippen molar-refractivity contribution >= 4 is 45.8 Å². The van der Waals surface area contributed by atoms with Crippen LogP contribution in [0.2, 0.25) is 0 Å². The number of phenols is 2. The molecule has 35 heavy (non-hydrogen) atoms. The number of hydrogen-bond acceptors (Lipinski definition) is 7. The van der Waals surface area contributed by atoms with Crippen molar-refractivity contribution < 1.29 is 15.0 Å². The molecule has 3 aromatic carbocycles. The minimum atomic E-state index is -0.434. The maximum atomic E-state index is 13.4. The summed E-state index contributed by atoms with van der Waals surface area (Å²) < 4.78 is 1.34. The largest absolute Gasteiger partial charge is 0.504 e. The molecule has 0 saturated heterocycles. The molecular formula is C26H22N6O3. The average Bonchev–Trinajstić information content (AvgIpc) is 3.10. The van der Waals surface area contributed by atoms with E-state index in [-0.39, 0.29) is 22.9 Å². The van der Waals surface area contributed by atoms with E-state index in [4.69, 9.17) is 5.73 Å². The molecule has 5 N–H and O–H groups in total. The fourth-order valence-corrected chi connectivity index (χ4v) is 3.75. The molecule has 2 aromatic heterocycles. The molecule has 0 bridgehead atoms. The number of nitrogens with one attached hydrogen (secondary N) is 1. The Morgan fingerprint density at radius 1 is 0.971 bits per heavy atom. The summed E-state index contributed by atoms with van der Waals surface area (Å²) in [7, 11) is 0. The highest BCUT2D eigenvalue weighted by Gasteiger charge is 2.24. The molecule has 0 aliphatic carbocycles. The van der Waals surface area contributed by atoms with E-state index in [0.717, 1.165) is 11.1 Å². The molecular weight excluding hydrogens is 444 g/mol. The number of fused-ring (bicyclic) bond motifs is 2. The van der Waals surface area contributed by atoms with Crippen molar-refractivity contribution in [3.05, 3.63) is 82.9 Å². The molecule has 0 atom stereocenters. The number of aromatic nitrogens is 3. The Hall–Kier alpha value is -4.92. The van der Waals surface area contributed by atoms with Crippen LogP contribution in [-0.2, 0) is 0 Å². The SMILES string of the molecule is Cc1ccc(NC(=O)c2c(N)n(N=Cc3ccc(O)c(O)c3)c3nc4ccccc4nc23)cc1C. The summed E-state index contributed by atoms with van der Waals surface area (Å²) in [5, 5.41) is 26.6. The number of anilines is 2. The van der Waals surface area contributed by atoms with E-state index in [0.29, 0.717) is 33.4 Å². The van der Waals surface area contributed by atoms with Gasteiger partial charge in [0.1, 0.15) is 16.9 Å². The second-order valence-electron chi connectivity index (χ2n) is 8.20. The standard InChI is InChI=1S/C26H22N6O3/c1-14-7-9-17(11-15(14)2)29-26(35)22-23-25(31-19-6-4-3-5-18(19)30-23)32(24(22)27)28-13-16-8-10-20(33)21(34)12-16/h3-13,33-34H,27H2,1-2H3,(H,29,35). The fourth-order valence-electron chi connectivity index (χ4n) is 3.75. The second-order valence-corrected chi connectivity index (χ2v) is 8.20. The number of aryl methyl sites for hydroxylation is 2. The highest BCUT2D eigenvalue weighted by Crippen LogP contribution is 2.29. The van der Waals surface area contributed by atoms with Gasteiger partial charge in [-0.2, -0.15) is 9.78 Å². The quantitative estimate of drug-likeness (QED) is 0.230. The lowest BCUT2D eigenvalue weighted by molar-refractivity contribution is 0.102. The molecule has 1 amide bonds. The van der Waals surface area contributed by atoms with Crippen molar-refractivity contribution in [1.82, 2.24) is 14.6 Å². The van der Waals surface area contributed by atoms with E-state index in [1.165, 1.54) is 23.0 Å². The molecule has 0 unspecified atom stereocenters. The fraction of sp³-hybridized carbons (Fsp3) is 0.0769. The van der Waals surface area contributed by atoms with Gasteiger partial charge in [0.05, 0.1) is 17.2 Å². The number of rotatable bonds is 4. The van der Waals surface area contributed by atoms with Crippen LogP contribution in [-0.4, -0.2) is 37.0 Å². The predicted octanol–water partition coefficient (Wildman–Crippen LogP) is 4.33. The number of nitrogen functional groups attached to an aromatic ring is 1. The maximum absolute atomic E-state index is 13.4. The Morgan fingerprint density at radius 3 is 2.43 bits per heavy atom. The van der Waals surface area contributed by atoms with Crippen molar-refractivity contribution in [3.63, 3.8) is 0 Å². The second kappa shape index (κ2) is 8.45. The van der Waals surface area contributed by atoms with E-state index >= 15 is 0 Å². The number of hydrogen-bond donors (Lipinski definition) is 4. The van der Waals surface area contributed by atoms with Crippen molar-refractivity contribution in [1.29, 1.82) is 0 Å². The van der Waals surface area contributed by atoms with Gasteiger partial charge in [-0.25, -0.2) is 9.97 Å². The van der Waals surface area contributed by atoms with Crippen LogP contribution >= 0.6 is 0 Å². The third kappa shape index (κ3) is 3.99. The van der Waals surface area contributed by atoms with Crippen LogP contribution in [0.25, 0.3) is 22.2 Å². The lowest BCUT2D eigenvalue weighted by Gasteiger charge is -2.08. The van der Waals surface area contributed by atoms with Gasteiger partial charge in [0.15, 0.2) is 17.1 Å². The summed E-state index contributed by atoms with van der Waals surface area (Å²) in [6.45, 7) is 3.97. The molecule has 0 saturated carbocycles. The first-order valence-electron chi connectivity index (χ1n) is 10.8. The number of carbonyl (C=O) groups excluding carboxylic acids is 1. The van der Waals surface area contributed by atoms with Crippen molar-refractivity contribution in [3.8, 4) is 11.5 Å². The van der Waals surface area contributed by atoms with Crippen molar-refractivity contribution in [2.24, 2.45) is 5.10 Å². The van der Waals surface area contributed by atoms with Crippen LogP contribution in [0.3, 0.4) is 0 Å². The molecule has 0 aliphatic heterocycles. The van der Waals surface area contributed by atoms with E-state index in [1.54, 1.807) is 6.07 Å². The summed E-state index contributed by atoms with van der Waals surface area (Å²) in [5.41, 5.74) is 11.8. The number of aromatic hydroxyl groups is 2. The van der Waals surface area contributed by atoms with Gasteiger partial charge >= 0.3 is 0 Å². The first-order valence-corrected chi connectivity index (χ1v) is 10.8. The van der Waals surface area contributed by atoms with Gasteiger partial charge < -0.3 is 21.3 Å². The van der Waals surface area contributed by atoms with Gasteiger partial charge in [-0.15, -0.1) is 0 Å². The van der Waals surface area contributed by atoms with Crippen LogP contribution in [0, 0.1) is 13.8 Å². The van der Waals surface area contributed by atoms with Crippen molar-refractivity contribution in [2.45, 2.75) is 13.8 Å². The molecule has 0 fully saturated rings. The number of benzene rings is 3. The summed E-state index contributed by atoms with van der Waals surface area (Å²) in [6, 6.07) is 17.2. The van der Waals surface area contributed by atoms with E-state index in [1.807, 2.05) is 56.3 Å². The molecule has 2 heterocycles. The number of amides is 1. The molecule has 174 valence electrons. The highest BCUT2D eigenvalue weighted by molar-refractivity contribution is 6.16. The van der Waals surface area contributed by atoms with Gasteiger partial charge in [0.25, 0.3) is 5.91 Å². The maximum Gasteiger partial charge on any atom is 0.261 e. The Bertz CT molecular complexity index is 1650. The van der Waals surface area contributed by atoms with Crippen LogP contribution < -0.4 is 11.1 Å². The molecule has 9 nitrogen and oxygen atoms in total. The zero-order valence-corrected chi connectivity index (χ0v) is 19.0. The first kappa shape index (κ1) is 21.9. The highest BCUT2D eigenvalue weighted by atomic mass is 16.3. The minimum absolute atomic E-state index is 0.0656. The first-order chi connectivity index (χ1) is 16.8. The van der Waals surface area contributed by atoms with Gasteiger partial charge in [-0.05, 0) is 73.0 Å². The van der Waals surface area contributed by atoms with E-state index in [9.17, 15) is 15.0 Å². The van der Waals surface area contributed by atoms with Crippen LogP contribution in [0.4, 0.5) is 11.5 Å². The number of para-hydroxylation sites is 2. The molecule has 0 radical (unpaired) electrons. The zero-order valence-electron chi connectivity index (χ0n) is 19.0. The third-order valence-electron chi connectivity index (χ3n) is 5.79. The summed E-state index contributed by atoms with van der Waals surface area (Å²) in [5.74, 6) is -0.887. The van der Waals surface area contributed by atoms with Crippen molar-refractivity contribution in [2.75, 3.05) is 11.1 Å². The lowest BCUT2D eigenvalue weighted by atomic mass is 10.1.